The highest BCUT2D eigenvalue weighted by molar-refractivity contribution is 7.10. The van der Waals surface area contributed by atoms with Gasteiger partial charge in [-0.2, -0.15) is 0 Å². The Labute approximate surface area is 117 Å². The molecule has 2 rings (SSSR count). The van der Waals surface area contributed by atoms with Gasteiger partial charge in [-0.25, -0.2) is 0 Å². The fourth-order valence-electron chi connectivity index (χ4n) is 1.79. The molecule has 0 spiro atoms. The van der Waals surface area contributed by atoms with Crippen molar-refractivity contribution in [3.63, 3.8) is 0 Å². The van der Waals surface area contributed by atoms with Crippen LogP contribution in [0.3, 0.4) is 0 Å². The highest BCUT2D eigenvalue weighted by Gasteiger charge is 2.13. The lowest BCUT2D eigenvalue weighted by Crippen LogP contribution is -2.26. The third-order valence-electron chi connectivity index (χ3n) is 3.00. The third kappa shape index (κ3) is 3.41. The minimum absolute atomic E-state index is 0.0158. The monoisotopic (exact) mass is 274 g/mol. The van der Waals surface area contributed by atoms with Crippen LogP contribution in [0.15, 0.2) is 36.0 Å². The lowest BCUT2D eigenvalue weighted by molar-refractivity contribution is 0.0940. The molecule has 0 aliphatic carbocycles. The molecule has 0 aliphatic heterocycles. The smallest absolute Gasteiger partial charge is 0.252 e. The normalized spacial score (nSPS) is 12.4. The van der Waals surface area contributed by atoms with Crippen molar-refractivity contribution < 1.29 is 4.79 Å². The van der Waals surface area contributed by atoms with E-state index in [0.29, 0.717) is 5.92 Å². The largest absolute Gasteiger partial charge is 0.345 e. The number of carbonyl (C=O) groups is 1. The lowest BCUT2D eigenvalue weighted by Gasteiger charge is -2.13. The SMILES string of the molecule is CC(C)c1cc(C(=O)NC(C)c2ccncc2)cs1. The maximum atomic E-state index is 12.1. The Kier molecular flexibility index (Phi) is 4.32. The minimum Gasteiger partial charge on any atom is -0.345 e. The predicted octanol–water partition coefficient (Wildman–Crippen LogP) is 3.76. The lowest BCUT2D eigenvalue weighted by atomic mass is 10.1. The molecule has 2 aromatic rings. The quantitative estimate of drug-likeness (QED) is 0.922. The van der Waals surface area contributed by atoms with E-state index in [-0.39, 0.29) is 11.9 Å². The van der Waals surface area contributed by atoms with Crippen LogP contribution in [0.5, 0.6) is 0 Å². The summed E-state index contributed by atoms with van der Waals surface area (Å²) in [7, 11) is 0. The maximum Gasteiger partial charge on any atom is 0.252 e. The van der Waals surface area contributed by atoms with Crippen molar-refractivity contribution in [2.75, 3.05) is 0 Å². The average Bonchev–Trinajstić information content (AvgIpc) is 2.89. The number of rotatable bonds is 4. The standard InChI is InChI=1S/C15H18N2OS/c1-10(2)14-8-13(9-19-14)15(18)17-11(3)12-4-6-16-7-5-12/h4-11H,1-3H3,(H,17,18). The van der Waals surface area contributed by atoms with Gasteiger partial charge in [0.05, 0.1) is 11.6 Å². The number of nitrogens with zero attached hydrogens (tertiary/aromatic N) is 1. The van der Waals surface area contributed by atoms with Crippen molar-refractivity contribution in [1.82, 2.24) is 10.3 Å². The van der Waals surface area contributed by atoms with Crippen molar-refractivity contribution in [1.29, 1.82) is 0 Å². The van der Waals surface area contributed by atoms with Crippen LogP contribution in [-0.4, -0.2) is 10.9 Å². The van der Waals surface area contributed by atoms with Gasteiger partial charge in [-0.3, -0.25) is 9.78 Å². The van der Waals surface area contributed by atoms with Crippen LogP contribution in [-0.2, 0) is 0 Å². The Morgan fingerprint density at radius 3 is 2.53 bits per heavy atom. The molecule has 4 heteroatoms. The summed E-state index contributed by atoms with van der Waals surface area (Å²) >= 11 is 1.64. The highest BCUT2D eigenvalue weighted by Crippen LogP contribution is 2.23. The number of thiophene rings is 1. The Balaban J connectivity index is 2.04. The van der Waals surface area contributed by atoms with Crippen LogP contribution in [0.25, 0.3) is 0 Å². The van der Waals surface area contributed by atoms with E-state index in [4.69, 9.17) is 0 Å². The van der Waals surface area contributed by atoms with Gasteiger partial charge in [0, 0.05) is 22.7 Å². The first-order valence-corrected chi connectivity index (χ1v) is 7.25. The van der Waals surface area contributed by atoms with Gasteiger partial charge in [0.1, 0.15) is 0 Å². The zero-order valence-corrected chi connectivity index (χ0v) is 12.2. The Hall–Kier alpha value is -1.68. The van der Waals surface area contributed by atoms with Crippen molar-refractivity contribution in [3.8, 4) is 0 Å². The van der Waals surface area contributed by atoms with Gasteiger partial charge in [-0.05, 0) is 36.6 Å². The molecule has 1 N–H and O–H groups in total. The molecule has 100 valence electrons. The number of carbonyl (C=O) groups excluding carboxylic acids is 1. The van der Waals surface area contributed by atoms with Gasteiger partial charge < -0.3 is 5.32 Å². The molecule has 0 saturated carbocycles. The van der Waals surface area contributed by atoms with E-state index in [1.165, 1.54) is 4.88 Å². The van der Waals surface area contributed by atoms with Crippen LogP contribution in [0, 0.1) is 0 Å². The first-order valence-electron chi connectivity index (χ1n) is 6.37. The average molecular weight is 274 g/mol. The van der Waals surface area contributed by atoms with Crippen molar-refractivity contribution in [2.45, 2.75) is 32.7 Å². The number of pyridine rings is 1. The molecule has 3 nitrogen and oxygen atoms in total. The van der Waals surface area contributed by atoms with Crippen LogP contribution in [0.1, 0.15) is 53.5 Å². The second-order valence-corrected chi connectivity index (χ2v) is 5.81. The van der Waals surface area contributed by atoms with Gasteiger partial charge in [-0.1, -0.05) is 13.8 Å². The van der Waals surface area contributed by atoms with Gasteiger partial charge in [-0.15, -0.1) is 11.3 Å². The summed E-state index contributed by atoms with van der Waals surface area (Å²) in [4.78, 5) is 17.4. The molecular formula is C15H18N2OS. The van der Waals surface area contributed by atoms with Crippen molar-refractivity contribution >= 4 is 17.2 Å². The van der Waals surface area contributed by atoms with Crippen LogP contribution in [0.2, 0.25) is 0 Å². The maximum absolute atomic E-state index is 12.1. The molecule has 2 aromatic heterocycles. The van der Waals surface area contributed by atoms with Gasteiger partial charge >= 0.3 is 0 Å². The third-order valence-corrected chi connectivity index (χ3v) is 4.24. The molecule has 0 bridgehead atoms. The Morgan fingerprint density at radius 1 is 1.26 bits per heavy atom. The molecule has 0 radical (unpaired) electrons. The molecule has 0 aliphatic rings. The molecule has 1 amide bonds. The Bertz CT molecular complexity index is 548. The van der Waals surface area contributed by atoms with Crippen LogP contribution >= 0.6 is 11.3 Å². The summed E-state index contributed by atoms with van der Waals surface area (Å²) in [6.45, 7) is 6.24. The van der Waals surface area contributed by atoms with E-state index in [1.54, 1.807) is 23.7 Å². The second-order valence-electron chi connectivity index (χ2n) is 4.87. The summed E-state index contributed by atoms with van der Waals surface area (Å²) in [5, 5.41) is 4.93. The molecule has 1 unspecified atom stereocenters. The molecule has 0 aromatic carbocycles. The van der Waals surface area contributed by atoms with E-state index in [9.17, 15) is 4.79 Å². The topological polar surface area (TPSA) is 42.0 Å². The fourth-order valence-corrected chi connectivity index (χ4v) is 2.70. The number of hydrogen-bond donors (Lipinski definition) is 1. The summed E-state index contributed by atoms with van der Waals surface area (Å²) in [5.74, 6) is 0.441. The predicted molar refractivity (Wildman–Crippen MR) is 78.5 cm³/mol. The summed E-state index contributed by atoms with van der Waals surface area (Å²) in [6, 6.07) is 5.79. The van der Waals surface area contributed by atoms with Gasteiger partial charge in [0.15, 0.2) is 0 Å². The fraction of sp³-hybridized carbons (Fsp3) is 0.333. The minimum atomic E-state index is -0.0209. The number of aromatic nitrogens is 1. The van der Waals surface area contributed by atoms with Crippen LogP contribution < -0.4 is 5.32 Å². The van der Waals surface area contributed by atoms with Crippen molar-refractivity contribution in [3.05, 3.63) is 52.0 Å². The Morgan fingerprint density at radius 2 is 1.95 bits per heavy atom. The molecule has 1 atom stereocenters. The first-order chi connectivity index (χ1) is 9.08. The van der Waals surface area contributed by atoms with Gasteiger partial charge in [0.2, 0.25) is 0 Å². The summed E-state index contributed by atoms with van der Waals surface area (Å²) in [5.41, 5.74) is 1.80. The molecule has 0 fully saturated rings. The molecule has 0 saturated heterocycles. The molecular weight excluding hydrogens is 256 g/mol. The molecule has 19 heavy (non-hydrogen) atoms. The van der Waals surface area contributed by atoms with E-state index in [0.717, 1.165) is 11.1 Å². The summed E-state index contributed by atoms with van der Waals surface area (Å²) < 4.78 is 0. The first kappa shape index (κ1) is 13.7. The van der Waals surface area contributed by atoms with Crippen molar-refractivity contribution in [2.24, 2.45) is 0 Å². The van der Waals surface area contributed by atoms with Gasteiger partial charge in [0.25, 0.3) is 5.91 Å². The van der Waals surface area contributed by atoms with E-state index in [1.807, 2.05) is 30.5 Å². The van der Waals surface area contributed by atoms with Crippen LogP contribution in [0.4, 0.5) is 0 Å². The van der Waals surface area contributed by atoms with E-state index in [2.05, 4.69) is 24.1 Å². The summed E-state index contributed by atoms with van der Waals surface area (Å²) in [6.07, 6.45) is 3.47. The number of amides is 1. The highest BCUT2D eigenvalue weighted by atomic mass is 32.1. The zero-order valence-electron chi connectivity index (χ0n) is 11.4. The second kappa shape index (κ2) is 5.97. The van der Waals surface area contributed by atoms with E-state index >= 15 is 0 Å². The van der Waals surface area contributed by atoms with E-state index < -0.39 is 0 Å². The zero-order chi connectivity index (χ0) is 13.8. The number of nitrogens with one attached hydrogen (secondary N) is 1. The number of hydrogen-bond acceptors (Lipinski definition) is 3. The molecule has 2 heterocycles.